The maximum atomic E-state index is 10.8. The van der Waals surface area contributed by atoms with E-state index in [1.807, 2.05) is 0 Å². The Morgan fingerprint density at radius 1 is 1.36 bits per heavy atom. The molecule has 0 amide bonds. The Bertz CT molecular complexity index is 234. The summed E-state index contributed by atoms with van der Waals surface area (Å²) in [6.07, 6.45) is -3.62. The van der Waals surface area contributed by atoms with Gasteiger partial charge in [-0.05, 0) is 0 Å². The topological polar surface area (TPSA) is 145 Å². The first-order chi connectivity index (χ1) is 6.28. The van der Waals surface area contributed by atoms with Crippen LogP contribution < -0.4 is 0 Å². The lowest BCUT2D eigenvalue weighted by molar-refractivity contribution is -0.137. The molecule has 0 saturated carbocycles. The molecule has 0 aromatic heterocycles. The Morgan fingerprint density at radius 3 is 2.21 bits per heavy atom. The molecular formula is C5H11O8P. The molecule has 0 aliphatic rings. The Labute approximate surface area is 79.0 Å². The molecule has 0 spiro atoms. The van der Waals surface area contributed by atoms with Gasteiger partial charge in [0.05, 0.1) is 6.61 Å². The zero-order valence-electron chi connectivity index (χ0n) is 6.98. The van der Waals surface area contributed by atoms with Crippen molar-refractivity contribution in [1.82, 2.24) is 0 Å². The summed E-state index contributed by atoms with van der Waals surface area (Å²) >= 11 is 0. The van der Waals surface area contributed by atoms with Crippen molar-refractivity contribution in [3.8, 4) is 0 Å². The molecule has 84 valence electrons. The van der Waals surface area contributed by atoms with Crippen LogP contribution in [0.15, 0.2) is 0 Å². The van der Waals surface area contributed by atoms with Crippen molar-refractivity contribution in [2.75, 3.05) is 13.2 Å². The fourth-order valence-corrected chi connectivity index (χ4v) is 0.843. The van der Waals surface area contributed by atoms with Gasteiger partial charge in [0.2, 0.25) is 0 Å². The van der Waals surface area contributed by atoms with Gasteiger partial charge in [-0.1, -0.05) is 0 Å². The number of carbonyl (C=O) groups is 1. The lowest BCUT2D eigenvalue weighted by Crippen LogP contribution is -2.38. The van der Waals surface area contributed by atoms with Crippen LogP contribution in [0.2, 0.25) is 0 Å². The van der Waals surface area contributed by atoms with E-state index in [0.717, 1.165) is 0 Å². The number of aliphatic hydroxyl groups is 3. The number of Topliss-reactive ketones (excluding diaryl/α,β-unsaturated/α-hetero) is 1. The number of phosphoric acid groups is 1. The molecular weight excluding hydrogens is 219 g/mol. The van der Waals surface area contributed by atoms with Crippen LogP contribution in [-0.4, -0.2) is 56.3 Å². The van der Waals surface area contributed by atoms with E-state index in [1.54, 1.807) is 0 Å². The monoisotopic (exact) mass is 230 g/mol. The fraction of sp³-hybridized carbons (Fsp3) is 0.800. The van der Waals surface area contributed by atoms with Gasteiger partial charge >= 0.3 is 7.82 Å². The van der Waals surface area contributed by atoms with Gasteiger partial charge < -0.3 is 25.1 Å². The van der Waals surface area contributed by atoms with E-state index in [2.05, 4.69) is 4.52 Å². The second kappa shape index (κ2) is 5.52. The van der Waals surface area contributed by atoms with Crippen molar-refractivity contribution in [3.05, 3.63) is 0 Å². The standard InChI is InChI=1S/C5H11O8P/c6-1-3(7)5(9)4(8)2-13-14(10,11)12/h3,5-7,9H,1-2H2,(H2,10,11,12)/t3-,5+/m0/s1. The van der Waals surface area contributed by atoms with Crippen molar-refractivity contribution >= 4 is 13.6 Å². The number of phosphoric ester groups is 1. The second-order valence-corrected chi connectivity index (χ2v) is 3.66. The van der Waals surface area contributed by atoms with Crippen LogP contribution in [0.4, 0.5) is 0 Å². The highest BCUT2D eigenvalue weighted by atomic mass is 31.2. The van der Waals surface area contributed by atoms with E-state index in [1.165, 1.54) is 0 Å². The van der Waals surface area contributed by atoms with E-state index >= 15 is 0 Å². The normalized spacial score (nSPS) is 16.4. The van der Waals surface area contributed by atoms with Crippen LogP contribution in [0.1, 0.15) is 0 Å². The number of aliphatic hydroxyl groups excluding tert-OH is 3. The van der Waals surface area contributed by atoms with E-state index in [-0.39, 0.29) is 0 Å². The fourth-order valence-electron chi connectivity index (χ4n) is 0.548. The Kier molecular flexibility index (Phi) is 5.38. The predicted octanol–water partition coefficient (Wildman–Crippen LogP) is -2.62. The molecule has 0 saturated heterocycles. The zero-order chi connectivity index (χ0) is 11.4. The minimum atomic E-state index is -4.77. The third kappa shape index (κ3) is 5.40. The maximum Gasteiger partial charge on any atom is 0.470 e. The summed E-state index contributed by atoms with van der Waals surface area (Å²) in [6, 6.07) is 0. The highest BCUT2D eigenvalue weighted by Gasteiger charge is 2.26. The first-order valence-electron chi connectivity index (χ1n) is 3.47. The van der Waals surface area contributed by atoms with Gasteiger partial charge in [-0.2, -0.15) is 0 Å². The van der Waals surface area contributed by atoms with E-state index in [9.17, 15) is 9.36 Å². The molecule has 0 aromatic rings. The lowest BCUT2D eigenvalue weighted by Gasteiger charge is -2.14. The quantitative estimate of drug-likeness (QED) is 0.312. The molecule has 0 heterocycles. The van der Waals surface area contributed by atoms with Gasteiger partial charge in [0.25, 0.3) is 0 Å². The largest absolute Gasteiger partial charge is 0.470 e. The molecule has 0 unspecified atom stereocenters. The molecule has 0 rings (SSSR count). The van der Waals surface area contributed by atoms with Crippen molar-refractivity contribution in [3.63, 3.8) is 0 Å². The molecule has 0 aliphatic carbocycles. The van der Waals surface area contributed by atoms with Crippen LogP contribution >= 0.6 is 7.82 Å². The number of hydrogen-bond acceptors (Lipinski definition) is 6. The summed E-state index contributed by atoms with van der Waals surface area (Å²) in [5, 5.41) is 26.0. The maximum absolute atomic E-state index is 10.8. The van der Waals surface area contributed by atoms with Gasteiger partial charge in [-0.15, -0.1) is 0 Å². The molecule has 5 N–H and O–H groups in total. The first kappa shape index (κ1) is 13.7. The number of carbonyl (C=O) groups excluding carboxylic acids is 1. The average molecular weight is 230 g/mol. The first-order valence-corrected chi connectivity index (χ1v) is 5.00. The van der Waals surface area contributed by atoms with E-state index < -0.39 is 39.0 Å². The summed E-state index contributed by atoms with van der Waals surface area (Å²) in [7, 11) is -4.77. The summed E-state index contributed by atoms with van der Waals surface area (Å²) in [6.45, 7) is -1.88. The molecule has 0 bridgehead atoms. The van der Waals surface area contributed by atoms with Gasteiger partial charge in [0.15, 0.2) is 5.78 Å². The van der Waals surface area contributed by atoms with Crippen molar-refractivity contribution in [2.24, 2.45) is 0 Å². The highest BCUT2D eigenvalue weighted by Crippen LogP contribution is 2.35. The Hall–Kier alpha value is -0.340. The third-order valence-corrected chi connectivity index (χ3v) is 1.72. The van der Waals surface area contributed by atoms with E-state index in [0.29, 0.717) is 0 Å². The molecule has 8 nitrogen and oxygen atoms in total. The van der Waals surface area contributed by atoms with Gasteiger partial charge in [-0.25, -0.2) is 4.57 Å². The average Bonchev–Trinajstić information content (AvgIpc) is 2.10. The number of ketones is 1. The van der Waals surface area contributed by atoms with Crippen LogP contribution in [0.5, 0.6) is 0 Å². The van der Waals surface area contributed by atoms with E-state index in [4.69, 9.17) is 25.1 Å². The summed E-state index contributed by atoms with van der Waals surface area (Å²) in [4.78, 5) is 27.2. The predicted molar refractivity (Wildman–Crippen MR) is 42.1 cm³/mol. The minimum Gasteiger partial charge on any atom is -0.394 e. The van der Waals surface area contributed by atoms with Crippen LogP contribution in [0.25, 0.3) is 0 Å². The van der Waals surface area contributed by atoms with Gasteiger partial charge in [0, 0.05) is 0 Å². The van der Waals surface area contributed by atoms with Crippen LogP contribution in [0, 0.1) is 0 Å². The van der Waals surface area contributed by atoms with Gasteiger partial charge in [-0.3, -0.25) is 9.32 Å². The minimum absolute atomic E-state index is 0.844. The molecule has 0 radical (unpaired) electrons. The Morgan fingerprint density at radius 2 is 1.86 bits per heavy atom. The molecule has 0 aromatic carbocycles. The number of rotatable bonds is 6. The van der Waals surface area contributed by atoms with Crippen molar-refractivity contribution < 1.29 is 39.0 Å². The highest BCUT2D eigenvalue weighted by molar-refractivity contribution is 7.46. The summed E-state index contributed by atoms with van der Waals surface area (Å²) < 4.78 is 13.9. The molecule has 0 aliphatic heterocycles. The molecule has 14 heavy (non-hydrogen) atoms. The van der Waals surface area contributed by atoms with Gasteiger partial charge in [0.1, 0.15) is 18.8 Å². The van der Waals surface area contributed by atoms with Crippen LogP contribution in [0.3, 0.4) is 0 Å². The molecule has 2 atom stereocenters. The SMILES string of the molecule is O=C(COP(=O)(O)O)[C@H](O)[C@@H](O)CO. The molecule has 0 fully saturated rings. The Balaban J connectivity index is 4.03. The second-order valence-electron chi connectivity index (χ2n) is 2.43. The lowest BCUT2D eigenvalue weighted by atomic mass is 10.1. The third-order valence-electron chi connectivity index (χ3n) is 1.26. The van der Waals surface area contributed by atoms with Crippen molar-refractivity contribution in [1.29, 1.82) is 0 Å². The zero-order valence-corrected chi connectivity index (χ0v) is 7.87. The molecule has 9 heteroatoms. The van der Waals surface area contributed by atoms with Crippen LogP contribution in [-0.2, 0) is 13.9 Å². The summed E-state index contributed by atoms with van der Waals surface area (Å²) in [5.74, 6) is -1.13. The van der Waals surface area contributed by atoms with Crippen molar-refractivity contribution in [2.45, 2.75) is 12.2 Å². The smallest absolute Gasteiger partial charge is 0.394 e. The number of hydrogen-bond donors (Lipinski definition) is 5. The summed E-state index contributed by atoms with van der Waals surface area (Å²) in [5.41, 5.74) is 0.